The third-order valence-corrected chi connectivity index (χ3v) is 3.50. The topological polar surface area (TPSA) is 33.1 Å². The molecule has 6 heteroatoms. The quantitative estimate of drug-likeness (QED) is 0.810. The number of alkyl halides is 2. The van der Waals surface area contributed by atoms with Crippen LogP contribution in [0.1, 0.15) is 32.1 Å². The normalized spacial score (nSPS) is 17.7. The molecule has 1 aromatic rings. The van der Waals surface area contributed by atoms with Gasteiger partial charge in [0.1, 0.15) is 5.82 Å². The highest BCUT2D eigenvalue weighted by molar-refractivity contribution is 4.93. The summed E-state index contributed by atoms with van der Waals surface area (Å²) >= 11 is 0. The van der Waals surface area contributed by atoms with E-state index in [0.29, 0.717) is 24.5 Å². The molecule has 0 amide bonds. The maximum Gasteiger partial charge on any atom is 0.319 e. The predicted molar refractivity (Wildman–Crippen MR) is 65.4 cm³/mol. The second-order valence-corrected chi connectivity index (χ2v) is 4.90. The molecule has 1 aliphatic carbocycles. The fraction of sp³-hybridized carbons (Fsp3) is 0.750. The highest BCUT2D eigenvalue weighted by atomic mass is 19.3. The van der Waals surface area contributed by atoms with Gasteiger partial charge in [-0.3, -0.25) is 9.47 Å². The molecule has 0 spiro atoms. The fourth-order valence-electron chi connectivity index (χ4n) is 2.04. The van der Waals surface area contributed by atoms with Crippen molar-refractivity contribution in [2.24, 2.45) is 0 Å². The average molecular weight is 258 g/mol. The van der Waals surface area contributed by atoms with E-state index in [-0.39, 0.29) is 0 Å². The third kappa shape index (κ3) is 3.26. The fourth-order valence-corrected chi connectivity index (χ4v) is 2.04. The van der Waals surface area contributed by atoms with Crippen molar-refractivity contribution in [1.29, 1.82) is 0 Å². The van der Waals surface area contributed by atoms with Crippen LogP contribution in [0.3, 0.4) is 0 Å². The van der Waals surface area contributed by atoms with E-state index in [2.05, 4.69) is 29.2 Å². The summed E-state index contributed by atoms with van der Waals surface area (Å²) < 4.78 is 26.0. The molecule has 1 atom stereocenters. The van der Waals surface area contributed by atoms with Gasteiger partial charge in [0.25, 0.3) is 0 Å². The second kappa shape index (κ2) is 5.75. The van der Waals surface area contributed by atoms with Crippen LogP contribution in [0.2, 0.25) is 0 Å². The first kappa shape index (κ1) is 13.4. The number of imidazole rings is 1. The zero-order valence-corrected chi connectivity index (χ0v) is 10.8. The van der Waals surface area contributed by atoms with Gasteiger partial charge in [0.15, 0.2) is 0 Å². The number of nitrogens with zero attached hydrogens (tertiary/aromatic N) is 3. The van der Waals surface area contributed by atoms with E-state index in [1.54, 1.807) is 0 Å². The molecular weight excluding hydrogens is 238 g/mol. The van der Waals surface area contributed by atoms with Gasteiger partial charge in [-0.25, -0.2) is 4.98 Å². The van der Waals surface area contributed by atoms with Crippen LogP contribution < -0.4 is 5.32 Å². The largest absolute Gasteiger partial charge is 0.319 e. The predicted octanol–water partition coefficient (Wildman–Crippen LogP) is 1.85. The maximum atomic E-state index is 12.6. The molecule has 1 unspecified atom stereocenters. The van der Waals surface area contributed by atoms with Crippen LogP contribution in [0, 0.1) is 0 Å². The zero-order valence-electron chi connectivity index (χ0n) is 10.8. The molecule has 1 aromatic heterocycles. The lowest BCUT2D eigenvalue weighted by atomic mass is 10.3. The van der Waals surface area contributed by atoms with E-state index in [9.17, 15) is 8.78 Å². The second-order valence-electron chi connectivity index (χ2n) is 4.90. The molecule has 0 saturated heterocycles. The molecule has 2 rings (SSSR count). The Labute approximate surface area is 106 Å². The minimum atomic E-state index is -2.52. The highest BCUT2D eigenvalue weighted by Gasteiger charge is 2.28. The Hall–Kier alpha value is -1.01. The Bertz CT molecular complexity index is 376. The molecule has 1 saturated carbocycles. The summed E-state index contributed by atoms with van der Waals surface area (Å²) in [4.78, 5) is 6.27. The SMILES string of the molecule is CC(CNCc1nccn1C(F)F)N(C)C1CC1. The van der Waals surface area contributed by atoms with Crippen LogP contribution in [0.4, 0.5) is 8.78 Å². The Morgan fingerprint density at radius 3 is 2.89 bits per heavy atom. The van der Waals surface area contributed by atoms with Gasteiger partial charge in [-0.05, 0) is 26.8 Å². The summed E-state index contributed by atoms with van der Waals surface area (Å²) in [5, 5.41) is 3.19. The first-order valence-electron chi connectivity index (χ1n) is 6.32. The smallest absolute Gasteiger partial charge is 0.308 e. The van der Waals surface area contributed by atoms with Crippen LogP contribution in [0.15, 0.2) is 12.4 Å². The van der Waals surface area contributed by atoms with Gasteiger partial charge in [-0.15, -0.1) is 0 Å². The summed E-state index contributed by atoms with van der Waals surface area (Å²) in [5.41, 5.74) is 0. The van der Waals surface area contributed by atoms with Crippen molar-refractivity contribution >= 4 is 0 Å². The Morgan fingerprint density at radius 2 is 2.28 bits per heavy atom. The van der Waals surface area contributed by atoms with Gasteiger partial charge >= 0.3 is 6.55 Å². The van der Waals surface area contributed by atoms with Crippen molar-refractivity contribution < 1.29 is 8.78 Å². The molecule has 1 aliphatic rings. The number of aromatic nitrogens is 2. The molecule has 1 heterocycles. The summed E-state index contributed by atoms with van der Waals surface area (Å²) in [7, 11) is 2.12. The molecule has 0 bridgehead atoms. The number of hydrogen-bond donors (Lipinski definition) is 1. The monoisotopic (exact) mass is 258 g/mol. The van der Waals surface area contributed by atoms with Crippen molar-refractivity contribution in [2.75, 3.05) is 13.6 Å². The van der Waals surface area contributed by atoms with E-state index >= 15 is 0 Å². The molecular formula is C12H20F2N4. The molecule has 4 nitrogen and oxygen atoms in total. The van der Waals surface area contributed by atoms with Crippen molar-refractivity contribution in [3.63, 3.8) is 0 Å². The van der Waals surface area contributed by atoms with Crippen LogP contribution in [-0.4, -0.2) is 40.1 Å². The number of hydrogen-bond acceptors (Lipinski definition) is 3. The number of likely N-dealkylation sites (N-methyl/N-ethyl adjacent to an activating group) is 1. The van der Waals surface area contributed by atoms with Gasteiger partial charge in [-0.2, -0.15) is 8.78 Å². The molecule has 1 N–H and O–H groups in total. The minimum Gasteiger partial charge on any atom is -0.308 e. The summed E-state index contributed by atoms with van der Waals surface area (Å²) in [6.45, 7) is 0.782. The van der Waals surface area contributed by atoms with Crippen molar-refractivity contribution in [3.8, 4) is 0 Å². The average Bonchev–Trinajstić information content (AvgIpc) is 3.07. The van der Waals surface area contributed by atoms with Crippen LogP contribution in [-0.2, 0) is 6.54 Å². The summed E-state index contributed by atoms with van der Waals surface area (Å²) in [5.74, 6) is 0.381. The lowest BCUT2D eigenvalue weighted by Gasteiger charge is -2.24. The third-order valence-electron chi connectivity index (χ3n) is 3.50. The van der Waals surface area contributed by atoms with Gasteiger partial charge in [-0.1, -0.05) is 0 Å². The summed E-state index contributed by atoms with van der Waals surface area (Å²) in [6.07, 6.45) is 5.26. The number of halogens is 2. The highest BCUT2D eigenvalue weighted by Crippen LogP contribution is 2.26. The van der Waals surface area contributed by atoms with Crippen molar-refractivity contribution in [2.45, 2.75) is 44.9 Å². The van der Waals surface area contributed by atoms with Crippen LogP contribution in [0.25, 0.3) is 0 Å². The molecule has 1 fully saturated rings. The Kier molecular flexibility index (Phi) is 4.29. The molecule has 18 heavy (non-hydrogen) atoms. The van der Waals surface area contributed by atoms with Crippen molar-refractivity contribution in [3.05, 3.63) is 18.2 Å². The van der Waals surface area contributed by atoms with Gasteiger partial charge in [0, 0.05) is 31.0 Å². The molecule has 0 aliphatic heterocycles. The molecule has 0 aromatic carbocycles. The van der Waals surface area contributed by atoms with Crippen LogP contribution in [0.5, 0.6) is 0 Å². The summed E-state index contributed by atoms with van der Waals surface area (Å²) in [6, 6.07) is 1.12. The first-order valence-corrected chi connectivity index (χ1v) is 6.32. The van der Waals surface area contributed by atoms with E-state index in [1.165, 1.54) is 25.2 Å². The Morgan fingerprint density at radius 1 is 1.56 bits per heavy atom. The number of rotatable bonds is 7. The number of nitrogens with one attached hydrogen (secondary N) is 1. The maximum absolute atomic E-state index is 12.6. The van der Waals surface area contributed by atoms with E-state index in [4.69, 9.17) is 0 Å². The van der Waals surface area contributed by atoms with E-state index < -0.39 is 6.55 Å². The standard InChI is InChI=1S/C12H20F2N4/c1-9(17(2)10-3-4-10)7-15-8-11-16-5-6-18(11)12(13)14/h5-6,9-10,12,15H,3-4,7-8H2,1-2H3. The van der Waals surface area contributed by atoms with Gasteiger partial charge in [0.2, 0.25) is 0 Å². The first-order chi connectivity index (χ1) is 8.59. The van der Waals surface area contributed by atoms with Gasteiger partial charge in [0.05, 0.1) is 6.54 Å². The lowest BCUT2D eigenvalue weighted by molar-refractivity contribution is 0.0665. The van der Waals surface area contributed by atoms with Gasteiger partial charge < -0.3 is 5.32 Å². The van der Waals surface area contributed by atoms with Crippen molar-refractivity contribution in [1.82, 2.24) is 19.8 Å². The van der Waals surface area contributed by atoms with E-state index in [1.807, 2.05) is 0 Å². The molecule has 0 radical (unpaired) electrons. The zero-order chi connectivity index (χ0) is 13.1. The molecule has 102 valence electrons. The Balaban J connectivity index is 1.75. The van der Waals surface area contributed by atoms with Crippen LogP contribution >= 0.6 is 0 Å². The lowest BCUT2D eigenvalue weighted by Crippen LogP contribution is -2.39. The van der Waals surface area contributed by atoms with E-state index in [0.717, 1.165) is 11.1 Å². The minimum absolute atomic E-state index is 0.375.